The largest absolute Gasteiger partial charge is 0.361 e. The number of unbranched alkanes of at least 4 members (excludes halogenated alkanes) is 3. The summed E-state index contributed by atoms with van der Waals surface area (Å²) in [6.07, 6.45) is 9.01. The van der Waals surface area contributed by atoms with Crippen LogP contribution >= 0.6 is 0 Å². The summed E-state index contributed by atoms with van der Waals surface area (Å²) in [6.45, 7) is 1.08. The highest BCUT2D eigenvalue weighted by atomic mass is 16.1. The van der Waals surface area contributed by atoms with Crippen molar-refractivity contribution in [3.05, 3.63) is 46.9 Å². The molecule has 0 fully saturated rings. The highest BCUT2D eigenvalue weighted by Crippen LogP contribution is 2.30. The minimum atomic E-state index is 0.542. The molecule has 1 aromatic heterocycles. The lowest BCUT2D eigenvalue weighted by atomic mass is 10.1. The van der Waals surface area contributed by atoms with Crippen LogP contribution in [0, 0.1) is 0 Å². The number of carbonyl (C=O) groups excluding carboxylic acids is 1. The Morgan fingerprint density at radius 3 is 2.74 bits per heavy atom. The van der Waals surface area contributed by atoms with E-state index in [0.717, 1.165) is 37.3 Å². The number of rotatable bonds is 10. The Morgan fingerprint density at radius 1 is 1.22 bits per heavy atom. The van der Waals surface area contributed by atoms with E-state index < -0.39 is 0 Å². The molecule has 2 aromatic rings. The minimum absolute atomic E-state index is 0.542. The predicted molar refractivity (Wildman–Crippen MR) is 111 cm³/mol. The van der Waals surface area contributed by atoms with Crippen molar-refractivity contribution in [2.45, 2.75) is 51.0 Å². The summed E-state index contributed by atoms with van der Waals surface area (Å²) in [4.78, 5) is 17.8. The first kappa shape index (κ1) is 19.6. The van der Waals surface area contributed by atoms with E-state index in [-0.39, 0.29) is 0 Å². The maximum absolute atomic E-state index is 11.3. The van der Waals surface area contributed by atoms with E-state index in [1.165, 1.54) is 43.2 Å². The molecule has 1 heterocycles. The molecule has 5 heteroatoms. The van der Waals surface area contributed by atoms with Crippen LogP contribution in [0.5, 0.6) is 0 Å². The molecule has 0 aliphatic heterocycles. The van der Waals surface area contributed by atoms with Crippen molar-refractivity contribution in [1.29, 1.82) is 0 Å². The Labute approximate surface area is 162 Å². The number of hydrogen-bond donors (Lipinski definition) is 1. The number of fused-ring (bicyclic) bond motifs is 1. The van der Waals surface area contributed by atoms with Crippen LogP contribution in [0.25, 0.3) is 0 Å². The number of nitrogens with one attached hydrogen (secondary N) is 1. The second-order valence-corrected chi connectivity index (χ2v) is 7.72. The number of carbonyl (C=O) groups is 1. The van der Waals surface area contributed by atoms with Crippen LogP contribution in [-0.4, -0.2) is 36.5 Å². The van der Waals surface area contributed by atoms with Crippen molar-refractivity contribution in [3.63, 3.8) is 0 Å². The van der Waals surface area contributed by atoms with Gasteiger partial charge in [-0.3, -0.25) is 4.79 Å². The van der Waals surface area contributed by atoms with Crippen molar-refractivity contribution in [2.24, 2.45) is 7.05 Å². The molecule has 3 rings (SSSR count). The van der Waals surface area contributed by atoms with Gasteiger partial charge in [-0.1, -0.05) is 37.1 Å². The van der Waals surface area contributed by atoms with E-state index in [2.05, 4.69) is 34.6 Å². The minimum Gasteiger partial charge on any atom is -0.361 e. The van der Waals surface area contributed by atoms with Gasteiger partial charge in [-0.15, -0.1) is 0 Å². The topological polar surface area (TPSA) is 50.2 Å². The molecule has 1 N–H and O–H groups in total. The SMILES string of the molecule is CN(C)c1nc(CCCCCCNC2CCc3ccccc32)n(C)c1C=O. The summed E-state index contributed by atoms with van der Waals surface area (Å²) in [5, 5.41) is 3.73. The van der Waals surface area contributed by atoms with Crippen LogP contribution in [0.15, 0.2) is 24.3 Å². The fraction of sp³-hybridized carbons (Fsp3) is 0.545. The summed E-state index contributed by atoms with van der Waals surface area (Å²) in [7, 11) is 5.78. The van der Waals surface area contributed by atoms with Crippen molar-refractivity contribution < 1.29 is 4.79 Å². The highest BCUT2D eigenvalue weighted by molar-refractivity contribution is 5.80. The quantitative estimate of drug-likeness (QED) is 0.513. The van der Waals surface area contributed by atoms with E-state index >= 15 is 0 Å². The number of aldehydes is 1. The normalized spacial score (nSPS) is 15.7. The summed E-state index contributed by atoms with van der Waals surface area (Å²) in [5.74, 6) is 1.77. The third kappa shape index (κ3) is 4.59. The van der Waals surface area contributed by atoms with E-state index in [1.54, 1.807) is 0 Å². The van der Waals surface area contributed by atoms with E-state index in [4.69, 9.17) is 0 Å². The zero-order valence-electron chi connectivity index (χ0n) is 16.9. The zero-order chi connectivity index (χ0) is 19.2. The van der Waals surface area contributed by atoms with E-state index in [9.17, 15) is 4.79 Å². The molecule has 27 heavy (non-hydrogen) atoms. The lowest BCUT2D eigenvalue weighted by Crippen LogP contribution is -2.20. The van der Waals surface area contributed by atoms with Gasteiger partial charge in [0.25, 0.3) is 0 Å². The highest BCUT2D eigenvalue weighted by Gasteiger charge is 2.20. The third-order valence-electron chi connectivity index (χ3n) is 5.60. The molecule has 1 atom stereocenters. The summed E-state index contributed by atoms with van der Waals surface area (Å²) >= 11 is 0. The van der Waals surface area contributed by atoms with Gasteiger partial charge in [0.1, 0.15) is 11.5 Å². The standard InChI is InChI=1S/C22H32N4O/c1-25(2)22-20(16-27)26(3)21(24-22)12-6-4-5-9-15-23-19-14-13-17-10-7-8-11-18(17)19/h7-8,10-11,16,19,23H,4-6,9,12-15H2,1-3H3. The van der Waals surface area contributed by atoms with Gasteiger partial charge in [0.15, 0.2) is 12.1 Å². The Morgan fingerprint density at radius 2 is 2.00 bits per heavy atom. The Hall–Kier alpha value is -2.14. The maximum atomic E-state index is 11.3. The zero-order valence-corrected chi connectivity index (χ0v) is 16.9. The fourth-order valence-corrected chi connectivity index (χ4v) is 4.04. The van der Waals surface area contributed by atoms with Crippen molar-refractivity contribution in [2.75, 3.05) is 25.5 Å². The molecule has 1 aromatic carbocycles. The van der Waals surface area contributed by atoms with Crippen LogP contribution in [0.2, 0.25) is 0 Å². The first-order valence-electron chi connectivity index (χ1n) is 10.1. The van der Waals surface area contributed by atoms with Gasteiger partial charge in [-0.25, -0.2) is 4.98 Å². The van der Waals surface area contributed by atoms with E-state index in [0.29, 0.717) is 11.7 Å². The molecule has 0 spiro atoms. The molecule has 146 valence electrons. The number of aryl methyl sites for hydroxylation is 2. The number of nitrogens with zero attached hydrogens (tertiary/aromatic N) is 3. The predicted octanol–water partition coefficient (Wildman–Crippen LogP) is 3.68. The maximum Gasteiger partial charge on any atom is 0.170 e. The lowest BCUT2D eigenvalue weighted by Gasteiger charge is -2.13. The van der Waals surface area contributed by atoms with Crippen LogP contribution < -0.4 is 10.2 Å². The van der Waals surface area contributed by atoms with Crippen LogP contribution in [0.3, 0.4) is 0 Å². The molecular formula is C22H32N4O. The fourth-order valence-electron chi connectivity index (χ4n) is 4.04. The Balaban J connectivity index is 1.35. The molecule has 0 saturated heterocycles. The molecule has 0 saturated carbocycles. The molecule has 5 nitrogen and oxygen atoms in total. The smallest absolute Gasteiger partial charge is 0.170 e. The molecule has 0 amide bonds. The second kappa shape index (κ2) is 9.18. The first-order valence-corrected chi connectivity index (χ1v) is 10.1. The molecule has 0 radical (unpaired) electrons. The summed E-state index contributed by atoms with van der Waals surface area (Å²) < 4.78 is 1.93. The van der Waals surface area contributed by atoms with Gasteiger partial charge >= 0.3 is 0 Å². The first-order chi connectivity index (χ1) is 13.1. The number of anilines is 1. The van der Waals surface area contributed by atoms with Crippen molar-refractivity contribution in [3.8, 4) is 0 Å². The molecule has 0 bridgehead atoms. The molecule has 1 unspecified atom stereocenters. The lowest BCUT2D eigenvalue weighted by molar-refractivity contribution is 0.111. The molecule has 1 aliphatic carbocycles. The van der Waals surface area contributed by atoms with Crippen molar-refractivity contribution >= 4 is 12.1 Å². The average Bonchev–Trinajstić information content (AvgIpc) is 3.22. The monoisotopic (exact) mass is 368 g/mol. The Kier molecular flexibility index (Phi) is 6.67. The van der Waals surface area contributed by atoms with Gasteiger partial charge in [0.2, 0.25) is 0 Å². The number of imidazole rings is 1. The van der Waals surface area contributed by atoms with Crippen LogP contribution in [-0.2, 0) is 19.9 Å². The summed E-state index contributed by atoms with van der Waals surface area (Å²) in [5.41, 5.74) is 3.67. The van der Waals surface area contributed by atoms with Crippen molar-refractivity contribution in [1.82, 2.24) is 14.9 Å². The number of aromatic nitrogens is 2. The molecular weight excluding hydrogens is 336 g/mol. The van der Waals surface area contributed by atoms with E-state index in [1.807, 2.05) is 30.6 Å². The van der Waals surface area contributed by atoms with Gasteiger partial charge in [0, 0.05) is 33.6 Å². The third-order valence-corrected chi connectivity index (χ3v) is 5.60. The van der Waals surface area contributed by atoms with Crippen LogP contribution in [0.4, 0.5) is 5.82 Å². The Bertz CT molecular complexity index is 766. The van der Waals surface area contributed by atoms with Gasteiger partial charge in [-0.2, -0.15) is 0 Å². The van der Waals surface area contributed by atoms with Gasteiger partial charge < -0.3 is 14.8 Å². The average molecular weight is 369 g/mol. The second-order valence-electron chi connectivity index (χ2n) is 7.72. The van der Waals surface area contributed by atoms with Gasteiger partial charge in [0.05, 0.1) is 0 Å². The number of hydrogen-bond acceptors (Lipinski definition) is 4. The number of benzene rings is 1. The summed E-state index contributed by atoms with van der Waals surface area (Å²) in [6, 6.07) is 9.35. The van der Waals surface area contributed by atoms with Gasteiger partial charge in [-0.05, 0) is 43.4 Å². The van der Waals surface area contributed by atoms with Crippen LogP contribution in [0.1, 0.15) is 65.6 Å². The molecule has 1 aliphatic rings.